The first-order chi connectivity index (χ1) is 11.7. The number of carbonyl (C=O) groups is 2. The lowest BCUT2D eigenvalue weighted by Crippen LogP contribution is -2.32. The molecule has 6 heteroatoms. The molecule has 3 rings (SSSR count). The van der Waals surface area contributed by atoms with Crippen molar-refractivity contribution in [1.82, 2.24) is 10.2 Å². The van der Waals surface area contributed by atoms with Crippen molar-refractivity contribution in [2.24, 2.45) is 0 Å². The smallest absolute Gasteiger partial charge is 0.250 e. The van der Waals surface area contributed by atoms with Gasteiger partial charge in [0.1, 0.15) is 18.1 Å². The molecule has 0 unspecified atom stereocenters. The Morgan fingerprint density at radius 2 is 2.29 bits per heavy atom. The maximum Gasteiger partial charge on any atom is 0.250 e. The van der Waals surface area contributed by atoms with Crippen LogP contribution in [0.4, 0.5) is 0 Å². The molecule has 1 fully saturated rings. The quantitative estimate of drug-likeness (QED) is 0.805. The summed E-state index contributed by atoms with van der Waals surface area (Å²) < 4.78 is 10.8. The number of benzene rings is 1. The molecule has 1 aromatic carbocycles. The molecule has 2 aliphatic heterocycles. The van der Waals surface area contributed by atoms with Gasteiger partial charge in [0.25, 0.3) is 5.91 Å². The molecule has 1 aromatic rings. The molecular weight excluding hydrogens is 308 g/mol. The lowest BCUT2D eigenvalue weighted by molar-refractivity contribution is -0.127. The summed E-state index contributed by atoms with van der Waals surface area (Å²) in [5, 5.41) is 2.89. The van der Waals surface area contributed by atoms with Crippen LogP contribution < -0.4 is 14.8 Å². The maximum atomic E-state index is 12.3. The van der Waals surface area contributed by atoms with Crippen molar-refractivity contribution in [3.63, 3.8) is 0 Å². The normalized spacial score (nSPS) is 16.3. The Balaban J connectivity index is 1.51. The molecule has 2 heterocycles. The highest BCUT2D eigenvalue weighted by molar-refractivity contribution is 5.99. The fourth-order valence-corrected chi connectivity index (χ4v) is 2.94. The predicted octanol–water partition coefficient (Wildman–Crippen LogP) is 1.60. The van der Waals surface area contributed by atoms with Gasteiger partial charge >= 0.3 is 0 Å². The van der Waals surface area contributed by atoms with Crippen LogP contribution in [-0.2, 0) is 9.59 Å². The molecule has 2 aliphatic rings. The van der Waals surface area contributed by atoms with E-state index in [2.05, 4.69) is 5.32 Å². The van der Waals surface area contributed by atoms with Gasteiger partial charge in [-0.25, -0.2) is 0 Å². The van der Waals surface area contributed by atoms with Gasteiger partial charge in [0.05, 0.1) is 12.7 Å². The van der Waals surface area contributed by atoms with Crippen molar-refractivity contribution in [3.05, 3.63) is 29.3 Å². The van der Waals surface area contributed by atoms with E-state index in [9.17, 15) is 9.59 Å². The zero-order valence-corrected chi connectivity index (χ0v) is 13.8. The minimum atomic E-state index is -0.129. The molecule has 6 nitrogen and oxygen atoms in total. The zero-order chi connectivity index (χ0) is 16.9. The number of hydrogen-bond acceptors (Lipinski definition) is 4. The lowest BCUT2D eigenvalue weighted by Gasteiger charge is -2.19. The number of hydrogen-bond donors (Lipinski definition) is 1. The van der Waals surface area contributed by atoms with Crippen molar-refractivity contribution in [3.8, 4) is 11.5 Å². The first-order valence-corrected chi connectivity index (χ1v) is 8.25. The number of rotatable bonds is 6. The van der Waals surface area contributed by atoms with Gasteiger partial charge in [0.2, 0.25) is 5.91 Å². The highest BCUT2D eigenvalue weighted by atomic mass is 16.5. The summed E-state index contributed by atoms with van der Waals surface area (Å²) in [5.74, 6) is 1.57. The third-order valence-corrected chi connectivity index (χ3v) is 4.28. The molecule has 128 valence electrons. The van der Waals surface area contributed by atoms with Gasteiger partial charge in [0, 0.05) is 31.6 Å². The number of nitrogens with zero attached hydrogens (tertiary/aromatic N) is 1. The molecule has 0 spiro atoms. The number of nitrogens with one attached hydrogen (secondary N) is 1. The van der Waals surface area contributed by atoms with Crippen LogP contribution in [0.25, 0.3) is 6.08 Å². The first-order valence-electron chi connectivity index (χ1n) is 8.25. The number of amides is 2. The average molecular weight is 330 g/mol. The summed E-state index contributed by atoms with van der Waals surface area (Å²) in [6, 6.07) is 5.52. The fraction of sp³-hybridized carbons (Fsp3) is 0.444. The zero-order valence-electron chi connectivity index (χ0n) is 13.8. The number of carbonyl (C=O) groups excluding carboxylic acids is 2. The van der Waals surface area contributed by atoms with Crippen LogP contribution in [0.2, 0.25) is 0 Å². The van der Waals surface area contributed by atoms with Crippen molar-refractivity contribution < 1.29 is 19.1 Å². The van der Waals surface area contributed by atoms with Crippen molar-refractivity contribution in [1.29, 1.82) is 0 Å². The van der Waals surface area contributed by atoms with E-state index in [1.54, 1.807) is 7.11 Å². The Hall–Kier alpha value is -2.50. The molecular formula is C18H22N2O4. The molecule has 0 radical (unpaired) electrons. The second-order valence-corrected chi connectivity index (χ2v) is 5.96. The summed E-state index contributed by atoms with van der Waals surface area (Å²) in [6.07, 6.45) is 4.19. The van der Waals surface area contributed by atoms with Crippen LogP contribution in [0, 0.1) is 0 Å². The van der Waals surface area contributed by atoms with Gasteiger partial charge in [0.15, 0.2) is 0 Å². The van der Waals surface area contributed by atoms with E-state index in [0.29, 0.717) is 25.1 Å². The summed E-state index contributed by atoms with van der Waals surface area (Å²) >= 11 is 0. The van der Waals surface area contributed by atoms with Gasteiger partial charge in [-0.2, -0.15) is 0 Å². The van der Waals surface area contributed by atoms with E-state index in [4.69, 9.17) is 9.47 Å². The average Bonchev–Trinajstić information content (AvgIpc) is 3.02. The van der Waals surface area contributed by atoms with Crippen LogP contribution in [-0.4, -0.2) is 50.1 Å². The Kier molecular flexibility index (Phi) is 5.03. The fourth-order valence-electron chi connectivity index (χ4n) is 2.94. The number of methoxy groups -OCH3 is 1. The van der Waals surface area contributed by atoms with E-state index in [1.807, 2.05) is 29.2 Å². The Labute approximate surface area is 141 Å². The minimum absolute atomic E-state index is 0.129. The molecule has 1 saturated heterocycles. The Bertz CT molecular complexity index is 669. The molecule has 0 saturated carbocycles. The van der Waals surface area contributed by atoms with Gasteiger partial charge in [-0.15, -0.1) is 0 Å². The second kappa shape index (κ2) is 7.38. The van der Waals surface area contributed by atoms with Crippen LogP contribution in [0.1, 0.15) is 24.8 Å². The topological polar surface area (TPSA) is 67.9 Å². The van der Waals surface area contributed by atoms with Crippen LogP contribution >= 0.6 is 0 Å². The number of ether oxygens (including phenoxy) is 2. The van der Waals surface area contributed by atoms with Gasteiger partial charge in [-0.3, -0.25) is 9.59 Å². The minimum Gasteiger partial charge on any atom is -0.497 e. The van der Waals surface area contributed by atoms with Gasteiger partial charge < -0.3 is 19.7 Å². The summed E-state index contributed by atoms with van der Waals surface area (Å²) in [4.78, 5) is 25.6. The van der Waals surface area contributed by atoms with Gasteiger partial charge in [-0.05, 0) is 37.1 Å². The molecule has 24 heavy (non-hydrogen) atoms. The lowest BCUT2D eigenvalue weighted by atomic mass is 10.1. The van der Waals surface area contributed by atoms with E-state index < -0.39 is 0 Å². The van der Waals surface area contributed by atoms with Gasteiger partial charge in [-0.1, -0.05) is 0 Å². The summed E-state index contributed by atoms with van der Waals surface area (Å²) in [7, 11) is 1.61. The SMILES string of the molecule is COc1ccc2c(c1)C=C(C(=O)NCCCN1CCCC1=O)CO2. The predicted molar refractivity (Wildman–Crippen MR) is 89.9 cm³/mol. The largest absolute Gasteiger partial charge is 0.497 e. The molecule has 0 aliphatic carbocycles. The molecule has 0 atom stereocenters. The summed E-state index contributed by atoms with van der Waals surface area (Å²) in [6.45, 7) is 2.35. The van der Waals surface area contributed by atoms with Crippen molar-refractivity contribution in [2.75, 3.05) is 33.4 Å². The number of likely N-dealkylation sites (tertiary alicyclic amines) is 1. The van der Waals surface area contributed by atoms with E-state index >= 15 is 0 Å². The van der Waals surface area contributed by atoms with Crippen LogP contribution in [0.5, 0.6) is 11.5 Å². The van der Waals surface area contributed by atoms with E-state index in [1.165, 1.54) is 0 Å². The Morgan fingerprint density at radius 1 is 1.42 bits per heavy atom. The van der Waals surface area contributed by atoms with E-state index in [-0.39, 0.29) is 18.4 Å². The van der Waals surface area contributed by atoms with Crippen molar-refractivity contribution in [2.45, 2.75) is 19.3 Å². The second-order valence-electron chi connectivity index (χ2n) is 5.96. The highest BCUT2D eigenvalue weighted by Gasteiger charge is 2.20. The molecule has 0 aromatic heterocycles. The maximum absolute atomic E-state index is 12.3. The molecule has 0 bridgehead atoms. The van der Waals surface area contributed by atoms with Crippen LogP contribution in [0.3, 0.4) is 0 Å². The summed E-state index contributed by atoms with van der Waals surface area (Å²) in [5.41, 5.74) is 1.43. The standard InChI is InChI=1S/C18H22N2O4/c1-23-15-5-6-16-13(11-15)10-14(12-24-16)18(22)19-7-3-9-20-8-2-4-17(20)21/h5-6,10-11H,2-4,7-9,12H2,1H3,(H,19,22). The number of fused-ring (bicyclic) bond motifs is 1. The highest BCUT2D eigenvalue weighted by Crippen LogP contribution is 2.29. The van der Waals surface area contributed by atoms with Crippen molar-refractivity contribution >= 4 is 17.9 Å². The first kappa shape index (κ1) is 16.4. The molecule has 2 amide bonds. The third-order valence-electron chi connectivity index (χ3n) is 4.28. The van der Waals surface area contributed by atoms with Crippen LogP contribution in [0.15, 0.2) is 23.8 Å². The Morgan fingerprint density at radius 3 is 3.04 bits per heavy atom. The monoisotopic (exact) mass is 330 g/mol. The third kappa shape index (κ3) is 3.69. The molecule has 1 N–H and O–H groups in total. The van der Waals surface area contributed by atoms with E-state index in [0.717, 1.165) is 36.4 Å².